The maximum atomic E-state index is 13.4. The Balaban J connectivity index is 1.61. The number of hydrogen-bond donors (Lipinski definition) is 2. The van der Waals surface area contributed by atoms with Gasteiger partial charge in [0.15, 0.2) is 15.4 Å². The van der Waals surface area contributed by atoms with E-state index < -0.39 is 37.7 Å². The van der Waals surface area contributed by atoms with Crippen LogP contribution in [-0.4, -0.2) is 42.3 Å². The molecule has 0 heterocycles. The SMILES string of the molecule is CC(CC#N)(Oc1ccc(F)cc1Cl)C(N)=NC1C2CC3CC1CC(S(=O)(=O)CC(N)=O)(C3)C2. The average Bonchev–Trinajstić information content (AvgIpc) is 2.71. The number of nitrogens with two attached hydrogens (primary N) is 2. The van der Waals surface area contributed by atoms with Crippen LogP contribution in [0.2, 0.25) is 5.02 Å². The number of hydrogen-bond acceptors (Lipinski definition) is 6. The number of benzene rings is 1. The summed E-state index contributed by atoms with van der Waals surface area (Å²) in [5.41, 5.74) is 10.3. The topological polar surface area (TPSA) is 149 Å². The lowest BCUT2D eigenvalue weighted by molar-refractivity contribution is -0.115. The van der Waals surface area contributed by atoms with Crippen LogP contribution in [0.25, 0.3) is 0 Å². The van der Waals surface area contributed by atoms with Crippen LogP contribution < -0.4 is 16.2 Å². The summed E-state index contributed by atoms with van der Waals surface area (Å²) >= 11 is 6.11. The van der Waals surface area contributed by atoms with Crippen LogP contribution in [0.3, 0.4) is 0 Å². The number of ether oxygens (including phenoxy) is 1. The highest BCUT2D eigenvalue weighted by molar-refractivity contribution is 7.93. The van der Waals surface area contributed by atoms with Crippen LogP contribution in [0.5, 0.6) is 5.75 Å². The van der Waals surface area contributed by atoms with Gasteiger partial charge in [0.2, 0.25) is 5.91 Å². The van der Waals surface area contributed by atoms with E-state index in [9.17, 15) is 22.9 Å². The van der Waals surface area contributed by atoms with Crippen molar-refractivity contribution in [3.63, 3.8) is 0 Å². The third-order valence-electron chi connectivity index (χ3n) is 7.63. The highest BCUT2D eigenvalue weighted by atomic mass is 35.5. The van der Waals surface area contributed by atoms with Crippen LogP contribution in [-0.2, 0) is 14.6 Å². The predicted molar refractivity (Wildman–Crippen MR) is 125 cm³/mol. The van der Waals surface area contributed by atoms with Crippen molar-refractivity contribution < 1.29 is 22.3 Å². The number of carbonyl (C=O) groups is 1. The maximum absolute atomic E-state index is 13.4. The second kappa shape index (κ2) is 8.68. The normalized spacial score (nSPS) is 32.1. The number of nitrogens with zero attached hydrogens (tertiary/aromatic N) is 2. The lowest BCUT2D eigenvalue weighted by atomic mass is 9.54. The molecule has 5 rings (SSSR count). The van der Waals surface area contributed by atoms with Crippen LogP contribution in [0.1, 0.15) is 45.4 Å². The molecule has 3 atom stereocenters. The van der Waals surface area contributed by atoms with E-state index in [1.165, 1.54) is 12.1 Å². The molecule has 1 amide bonds. The summed E-state index contributed by atoms with van der Waals surface area (Å²) < 4.78 is 44.6. The van der Waals surface area contributed by atoms with Crippen molar-refractivity contribution >= 4 is 33.2 Å². The van der Waals surface area contributed by atoms with Crippen molar-refractivity contribution in [1.29, 1.82) is 5.26 Å². The molecule has 4 aliphatic rings. The first kappa shape index (κ1) is 24.7. The first-order chi connectivity index (χ1) is 15.9. The Hall–Kier alpha value is -2.38. The summed E-state index contributed by atoms with van der Waals surface area (Å²) in [7, 11) is -3.68. The standard InChI is InChI=1S/C23H28ClFN4O4S/c1-22(4-5-26,33-18-3-2-16(25)8-17(18)24)21(28)29-20-14-6-13-7-15(20)11-23(9-13,10-14)34(31,32)12-19(27)30/h2-3,8,13-15,20H,4,6-7,9-12H2,1H3,(H2,27,30)(H2,28,29). The van der Waals surface area contributed by atoms with Crippen molar-refractivity contribution in [2.24, 2.45) is 34.2 Å². The van der Waals surface area contributed by atoms with Gasteiger partial charge >= 0.3 is 0 Å². The van der Waals surface area contributed by atoms with Gasteiger partial charge in [-0.3, -0.25) is 9.79 Å². The van der Waals surface area contributed by atoms with E-state index in [1.54, 1.807) is 6.92 Å². The smallest absolute Gasteiger partial charge is 0.232 e. The summed E-state index contributed by atoms with van der Waals surface area (Å²) in [4.78, 5) is 16.2. The second-order valence-electron chi connectivity index (χ2n) is 10.1. The molecule has 1 aromatic carbocycles. The number of primary amides is 1. The summed E-state index contributed by atoms with van der Waals surface area (Å²) in [6.07, 6.45) is 2.95. The van der Waals surface area contributed by atoms with Crippen molar-refractivity contribution in [3.8, 4) is 11.8 Å². The molecule has 4 aliphatic carbocycles. The molecular formula is C23H28ClFN4O4S. The molecule has 0 spiro atoms. The molecule has 8 nitrogen and oxygen atoms in total. The molecule has 4 N–H and O–H groups in total. The van der Waals surface area contributed by atoms with Gasteiger partial charge in [-0.15, -0.1) is 0 Å². The number of halogens is 2. The number of rotatable bonds is 8. The Labute approximate surface area is 203 Å². The molecule has 4 bridgehead atoms. The Bertz CT molecular complexity index is 1170. The lowest BCUT2D eigenvalue weighted by Gasteiger charge is -2.58. The zero-order chi connectivity index (χ0) is 24.9. The van der Waals surface area contributed by atoms with Crippen molar-refractivity contribution in [3.05, 3.63) is 29.0 Å². The fraction of sp³-hybridized carbons (Fsp3) is 0.609. The average molecular weight is 511 g/mol. The molecule has 34 heavy (non-hydrogen) atoms. The van der Waals surface area contributed by atoms with Crippen molar-refractivity contribution in [2.45, 2.75) is 61.8 Å². The number of sulfone groups is 1. The number of aliphatic imine (C=N–C) groups is 1. The fourth-order valence-corrected chi connectivity index (χ4v) is 8.59. The van der Waals surface area contributed by atoms with E-state index in [-0.39, 0.29) is 46.8 Å². The minimum absolute atomic E-state index is 0.00630. The predicted octanol–water partition coefficient (Wildman–Crippen LogP) is 2.73. The lowest BCUT2D eigenvalue weighted by Crippen LogP contribution is -2.61. The molecule has 0 saturated heterocycles. The maximum Gasteiger partial charge on any atom is 0.232 e. The Morgan fingerprint density at radius 2 is 1.97 bits per heavy atom. The third kappa shape index (κ3) is 4.36. The first-order valence-corrected chi connectivity index (χ1v) is 13.3. The van der Waals surface area contributed by atoms with Crippen LogP contribution in [0.15, 0.2) is 23.2 Å². The van der Waals surface area contributed by atoms with Crippen LogP contribution >= 0.6 is 11.6 Å². The first-order valence-electron chi connectivity index (χ1n) is 11.2. The Morgan fingerprint density at radius 1 is 1.32 bits per heavy atom. The van der Waals surface area contributed by atoms with Crippen LogP contribution in [0.4, 0.5) is 4.39 Å². The van der Waals surface area contributed by atoms with Gasteiger partial charge in [-0.05, 0) is 75.0 Å². The number of amides is 1. The molecule has 11 heteroatoms. The molecule has 184 valence electrons. The van der Waals surface area contributed by atoms with E-state index in [4.69, 9.17) is 32.8 Å². The van der Waals surface area contributed by atoms with Gasteiger partial charge in [-0.2, -0.15) is 5.26 Å². The molecule has 3 unspecified atom stereocenters. The monoisotopic (exact) mass is 510 g/mol. The van der Waals surface area contributed by atoms with Crippen molar-refractivity contribution in [1.82, 2.24) is 0 Å². The van der Waals surface area contributed by atoms with Crippen molar-refractivity contribution in [2.75, 3.05) is 5.75 Å². The minimum atomic E-state index is -3.68. The van der Waals surface area contributed by atoms with E-state index >= 15 is 0 Å². The Kier molecular flexibility index (Phi) is 6.32. The van der Waals surface area contributed by atoms with Gasteiger partial charge in [0.1, 0.15) is 23.2 Å². The summed E-state index contributed by atoms with van der Waals surface area (Å²) in [6, 6.07) is 5.53. The number of nitriles is 1. The molecule has 1 aromatic rings. The van der Waals surface area contributed by atoms with Crippen LogP contribution in [0, 0.1) is 34.9 Å². The molecule has 0 aliphatic heterocycles. The summed E-state index contributed by atoms with van der Waals surface area (Å²) in [5, 5.41) is 9.46. The van der Waals surface area contributed by atoms with E-state index in [1.807, 2.05) is 0 Å². The zero-order valence-corrected chi connectivity index (χ0v) is 20.4. The fourth-order valence-electron chi connectivity index (χ4n) is 6.28. The van der Waals surface area contributed by atoms with E-state index in [0.29, 0.717) is 19.3 Å². The number of carbonyl (C=O) groups excluding carboxylic acids is 1. The van der Waals surface area contributed by atoms with Gasteiger partial charge in [-0.1, -0.05) is 11.6 Å². The highest BCUT2D eigenvalue weighted by Gasteiger charge is 2.61. The quantitative estimate of drug-likeness (QED) is 0.405. The number of amidine groups is 1. The van der Waals surface area contributed by atoms with Gasteiger partial charge in [0.05, 0.1) is 28.3 Å². The second-order valence-corrected chi connectivity index (χ2v) is 12.9. The summed E-state index contributed by atoms with van der Waals surface area (Å²) in [5.74, 6) is -1.45. The molecule has 4 saturated carbocycles. The molecule has 0 radical (unpaired) electrons. The summed E-state index contributed by atoms with van der Waals surface area (Å²) in [6.45, 7) is 1.63. The zero-order valence-electron chi connectivity index (χ0n) is 18.8. The highest BCUT2D eigenvalue weighted by Crippen LogP contribution is 2.59. The van der Waals surface area contributed by atoms with Gasteiger partial charge in [-0.25, -0.2) is 12.8 Å². The molecular weight excluding hydrogens is 483 g/mol. The Morgan fingerprint density at radius 3 is 2.53 bits per heavy atom. The molecule has 4 fully saturated rings. The van der Waals surface area contributed by atoms with Gasteiger partial charge in [0.25, 0.3) is 0 Å². The largest absolute Gasteiger partial charge is 0.477 e. The minimum Gasteiger partial charge on any atom is -0.477 e. The third-order valence-corrected chi connectivity index (χ3v) is 10.4. The van der Waals surface area contributed by atoms with Gasteiger partial charge < -0.3 is 16.2 Å². The molecule has 0 aromatic heterocycles. The van der Waals surface area contributed by atoms with Gasteiger partial charge in [0, 0.05) is 0 Å². The van der Waals surface area contributed by atoms with E-state index in [2.05, 4.69) is 6.07 Å². The van der Waals surface area contributed by atoms with E-state index in [0.717, 1.165) is 18.9 Å².